The van der Waals surface area contributed by atoms with Crippen LogP contribution in [0.25, 0.3) is 22.0 Å². The highest BCUT2D eigenvalue weighted by Crippen LogP contribution is 2.29. The highest BCUT2D eigenvalue weighted by Gasteiger charge is 2.20. The number of hydrogen-bond acceptors (Lipinski definition) is 5. The highest BCUT2D eigenvalue weighted by atomic mass is 32.2. The summed E-state index contributed by atoms with van der Waals surface area (Å²) >= 11 is 1.21. The number of halogens is 1. The van der Waals surface area contributed by atoms with Crippen LogP contribution in [0, 0.1) is 12.7 Å². The molecule has 3 aromatic carbocycles. The number of carboxylic acids is 1. The molecule has 0 spiro atoms. The van der Waals surface area contributed by atoms with E-state index >= 15 is 0 Å². The molecule has 1 N–H and O–H groups in total. The van der Waals surface area contributed by atoms with Gasteiger partial charge in [0.1, 0.15) is 16.6 Å². The number of fused-ring (bicyclic) bond motifs is 1. The van der Waals surface area contributed by atoms with Gasteiger partial charge in [-0.15, -0.1) is 16.9 Å². The summed E-state index contributed by atoms with van der Waals surface area (Å²) in [7, 11) is 0. The molecule has 1 heterocycles. The number of carboxylic acid groups (broad SMARTS) is 1. The molecule has 0 fully saturated rings. The first-order valence-corrected chi connectivity index (χ1v) is 10.9. The maximum absolute atomic E-state index is 13.1. The maximum Gasteiger partial charge on any atom is 0.317 e. The van der Waals surface area contributed by atoms with Crippen LogP contribution >= 0.6 is 11.8 Å². The molecule has 1 unspecified atom stereocenters. The van der Waals surface area contributed by atoms with Crippen molar-refractivity contribution in [3.63, 3.8) is 0 Å². The number of hydrogen-bond donors (Lipinski definition) is 1. The summed E-state index contributed by atoms with van der Waals surface area (Å²) in [4.78, 5) is 25.3. The van der Waals surface area contributed by atoms with Crippen LogP contribution in [-0.4, -0.2) is 31.3 Å². The van der Waals surface area contributed by atoms with Crippen LogP contribution in [0.4, 0.5) is 4.39 Å². The van der Waals surface area contributed by atoms with E-state index in [-0.39, 0.29) is 24.3 Å². The fourth-order valence-corrected chi connectivity index (χ4v) is 4.29. The van der Waals surface area contributed by atoms with Crippen molar-refractivity contribution in [2.45, 2.75) is 30.0 Å². The van der Waals surface area contributed by atoms with Crippen molar-refractivity contribution in [3.05, 3.63) is 88.5 Å². The predicted octanol–water partition coefficient (Wildman–Crippen LogP) is 4.54. The third-order valence-corrected chi connectivity index (χ3v) is 6.33. The zero-order chi connectivity index (χ0) is 22.7. The summed E-state index contributed by atoms with van der Waals surface area (Å²) in [5.41, 5.74) is 2.97. The lowest BCUT2D eigenvalue weighted by Gasteiger charge is -2.13. The maximum atomic E-state index is 13.1. The molecular formula is C24H20FN3O3S. The van der Waals surface area contributed by atoms with E-state index in [1.54, 1.807) is 24.3 Å². The summed E-state index contributed by atoms with van der Waals surface area (Å²) in [5.74, 6) is -1.26. The van der Waals surface area contributed by atoms with Crippen molar-refractivity contribution < 1.29 is 14.3 Å². The SMILES string of the molecule is Cc1ccc2nnn(CCC(Sc3ccc(-c4ccc(F)cc4)cc3)C(=O)O)c(=O)c2c1. The van der Waals surface area contributed by atoms with E-state index in [9.17, 15) is 19.1 Å². The van der Waals surface area contributed by atoms with Crippen LogP contribution in [0.2, 0.25) is 0 Å². The summed E-state index contributed by atoms with van der Waals surface area (Å²) in [5, 5.41) is 17.4. The Morgan fingerprint density at radius 2 is 1.72 bits per heavy atom. The minimum absolute atomic E-state index is 0.146. The Bertz CT molecular complexity index is 1320. The van der Waals surface area contributed by atoms with Gasteiger partial charge in [-0.1, -0.05) is 41.1 Å². The Morgan fingerprint density at radius 3 is 2.38 bits per heavy atom. The van der Waals surface area contributed by atoms with Gasteiger partial charge in [-0.05, 0) is 60.9 Å². The number of aliphatic carboxylic acids is 1. The van der Waals surface area contributed by atoms with Gasteiger partial charge in [-0.3, -0.25) is 9.59 Å². The molecule has 1 aromatic heterocycles. The van der Waals surface area contributed by atoms with Gasteiger partial charge in [0.05, 0.1) is 5.39 Å². The smallest absolute Gasteiger partial charge is 0.317 e. The van der Waals surface area contributed by atoms with Crippen molar-refractivity contribution in [3.8, 4) is 11.1 Å². The predicted molar refractivity (Wildman–Crippen MR) is 122 cm³/mol. The van der Waals surface area contributed by atoms with Crippen molar-refractivity contribution in [1.29, 1.82) is 0 Å². The molecule has 0 aliphatic rings. The van der Waals surface area contributed by atoms with Crippen LogP contribution in [0.5, 0.6) is 0 Å². The Balaban J connectivity index is 1.47. The number of nitrogens with zero attached hydrogens (tertiary/aromatic N) is 3. The quantitative estimate of drug-likeness (QED) is 0.417. The fourth-order valence-electron chi connectivity index (χ4n) is 3.34. The van der Waals surface area contributed by atoms with E-state index in [4.69, 9.17) is 0 Å². The largest absolute Gasteiger partial charge is 0.480 e. The molecule has 1 atom stereocenters. The molecule has 4 aromatic rings. The lowest BCUT2D eigenvalue weighted by Crippen LogP contribution is -2.27. The van der Waals surface area contributed by atoms with E-state index < -0.39 is 11.2 Å². The number of benzene rings is 3. The van der Waals surface area contributed by atoms with Crippen LogP contribution in [0.1, 0.15) is 12.0 Å². The lowest BCUT2D eigenvalue weighted by atomic mass is 10.1. The molecule has 0 saturated heterocycles. The zero-order valence-corrected chi connectivity index (χ0v) is 18.1. The minimum Gasteiger partial charge on any atom is -0.480 e. The van der Waals surface area contributed by atoms with Crippen LogP contribution in [0.3, 0.4) is 0 Å². The molecule has 0 aliphatic heterocycles. The third kappa shape index (κ3) is 4.86. The second kappa shape index (κ2) is 9.32. The van der Waals surface area contributed by atoms with Gasteiger partial charge >= 0.3 is 5.97 Å². The standard InChI is InChI=1S/C24H20FN3O3S/c1-15-2-11-21-20(14-15)23(29)28(27-26-21)13-12-22(24(30)31)32-19-9-5-17(6-10-19)16-3-7-18(25)8-4-16/h2-11,14,22H,12-13H2,1H3,(H,30,31). The molecule has 6 nitrogen and oxygen atoms in total. The Kier molecular flexibility index (Phi) is 6.32. The molecule has 32 heavy (non-hydrogen) atoms. The monoisotopic (exact) mass is 449 g/mol. The molecule has 4 rings (SSSR count). The number of carbonyl (C=O) groups is 1. The van der Waals surface area contributed by atoms with E-state index in [0.29, 0.717) is 10.9 Å². The second-order valence-electron chi connectivity index (χ2n) is 7.40. The van der Waals surface area contributed by atoms with Crippen molar-refractivity contribution in [1.82, 2.24) is 15.0 Å². The van der Waals surface area contributed by atoms with E-state index in [1.165, 1.54) is 28.6 Å². The summed E-state index contributed by atoms with van der Waals surface area (Å²) in [6, 6.07) is 19.0. The molecule has 8 heteroatoms. The van der Waals surface area contributed by atoms with Gasteiger partial charge in [0.25, 0.3) is 5.56 Å². The number of thioether (sulfide) groups is 1. The first kappa shape index (κ1) is 21.7. The third-order valence-electron chi connectivity index (χ3n) is 5.07. The Hall–Kier alpha value is -3.52. The van der Waals surface area contributed by atoms with E-state index in [0.717, 1.165) is 21.6 Å². The van der Waals surface area contributed by atoms with Gasteiger partial charge in [-0.25, -0.2) is 9.07 Å². The Labute approximate surface area is 187 Å². The van der Waals surface area contributed by atoms with Gasteiger partial charge in [0, 0.05) is 11.4 Å². The summed E-state index contributed by atoms with van der Waals surface area (Å²) in [6.45, 7) is 2.04. The first-order valence-electron chi connectivity index (χ1n) is 10.0. The van der Waals surface area contributed by atoms with E-state index in [2.05, 4.69) is 10.3 Å². The highest BCUT2D eigenvalue weighted by molar-refractivity contribution is 8.00. The molecule has 0 bridgehead atoms. The first-order chi connectivity index (χ1) is 15.4. The van der Waals surface area contributed by atoms with Gasteiger partial charge < -0.3 is 5.11 Å². The molecular weight excluding hydrogens is 429 g/mol. The lowest BCUT2D eigenvalue weighted by molar-refractivity contribution is -0.136. The topological polar surface area (TPSA) is 85.1 Å². The summed E-state index contributed by atoms with van der Waals surface area (Å²) in [6.07, 6.45) is 0.214. The van der Waals surface area contributed by atoms with Crippen molar-refractivity contribution in [2.75, 3.05) is 0 Å². The number of aromatic nitrogens is 3. The van der Waals surface area contributed by atoms with Crippen molar-refractivity contribution >= 4 is 28.6 Å². The van der Waals surface area contributed by atoms with Crippen LogP contribution in [-0.2, 0) is 11.3 Å². The average molecular weight is 450 g/mol. The molecule has 0 amide bonds. The fraction of sp³-hybridized carbons (Fsp3) is 0.167. The van der Waals surface area contributed by atoms with Gasteiger partial charge in [0.15, 0.2) is 0 Å². The normalized spacial score (nSPS) is 12.1. The van der Waals surface area contributed by atoms with E-state index in [1.807, 2.05) is 37.3 Å². The van der Waals surface area contributed by atoms with Crippen molar-refractivity contribution in [2.24, 2.45) is 0 Å². The average Bonchev–Trinajstić information content (AvgIpc) is 2.79. The minimum atomic E-state index is -0.963. The summed E-state index contributed by atoms with van der Waals surface area (Å²) < 4.78 is 14.3. The molecule has 162 valence electrons. The number of rotatable bonds is 7. The van der Waals surface area contributed by atoms with Gasteiger partial charge in [-0.2, -0.15) is 0 Å². The Morgan fingerprint density at radius 1 is 1.06 bits per heavy atom. The second-order valence-corrected chi connectivity index (χ2v) is 8.68. The molecule has 0 saturated carbocycles. The number of aryl methyl sites for hydroxylation is 2. The zero-order valence-electron chi connectivity index (χ0n) is 17.2. The molecule has 0 aliphatic carbocycles. The molecule has 0 radical (unpaired) electrons. The van der Waals surface area contributed by atoms with Crippen LogP contribution < -0.4 is 5.56 Å². The van der Waals surface area contributed by atoms with Gasteiger partial charge in [0.2, 0.25) is 0 Å². The van der Waals surface area contributed by atoms with Crippen LogP contribution in [0.15, 0.2) is 76.4 Å².